The van der Waals surface area contributed by atoms with E-state index in [9.17, 15) is 0 Å². The Balaban J connectivity index is 1.42. The summed E-state index contributed by atoms with van der Waals surface area (Å²) < 4.78 is 13.7. The van der Waals surface area contributed by atoms with Crippen LogP contribution in [0.2, 0.25) is 0 Å². The van der Waals surface area contributed by atoms with Crippen LogP contribution < -0.4 is 10.6 Å². The number of fused-ring (bicyclic) bond motifs is 3. The van der Waals surface area contributed by atoms with E-state index < -0.39 is 0 Å². The Morgan fingerprint density at radius 3 is 2.58 bits per heavy atom. The Hall–Kier alpha value is -1.84. The monoisotopic (exact) mass is 494 g/mol. The molecule has 5 heterocycles. The molecule has 7 unspecified atom stereocenters. The highest BCUT2D eigenvalue weighted by atomic mass is 16.5. The third-order valence-electron chi connectivity index (χ3n) is 9.54. The Morgan fingerprint density at radius 1 is 1.11 bits per heavy atom. The fraction of sp³-hybridized carbons (Fsp3) is 0.714. The van der Waals surface area contributed by atoms with Crippen molar-refractivity contribution in [1.82, 2.24) is 30.5 Å². The van der Waals surface area contributed by atoms with E-state index in [1.54, 1.807) is 0 Å². The number of hydrogen-bond acceptors (Lipinski definition) is 7. The molecule has 2 aromatic rings. The smallest absolute Gasteiger partial charge is 0.109 e. The van der Waals surface area contributed by atoms with Gasteiger partial charge in [-0.15, -0.1) is 5.10 Å². The number of aryl methyl sites for hydroxylation is 2. The Morgan fingerprint density at radius 2 is 1.89 bits per heavy atom. The quantitative estimate of drug-likeness (QED) is 0.662. The second kappa shape index (κ2) is 10.1. The van der Waals surface area contributed by atoms with Crippen LogP contribution in [0.3, 0.4) is 0 Å². The van der Waals surface area contributed by atoms with Gasteiger partial charge in [0.05, 0.1) is 11.4 Å². The minimum atomic E-state index is 0.0920. The summed E-state index contributed by atoms with van der Waals surface area (Å²) in [7, 11) is 3.88. The summed E-state index contributed by atoms with van der Waals surface area (Å²) >= 11 is 0. The molecular weight excluding hydrogens is 452 g/mol. The average Bonchev–Trinajstić information content (AvgIpc) is 3.41. The molecule has 196 valence electrons. The van der Waals surface area contributed by atoms with Crippen LogP contribution in [0.15, 0.2) is 30.3 Å². The number of benzene rings is 1. The molecule has 4 aliphatic rings. The molecule has 6 rings (SSSR count). The number of nitrogens with one attached hydrogen (secondary N) is 2. The van der Waals surface area contributed by atoms with Gasteiger partial charge in [-0.3, -0.25) is 14.9 Å². The lowest BCUT2D eigenvalue weighted by atomic mass is 9.79. The van der Waals surface area contributed by atoms with Crippen molar-refractivity contribution in [2.24, 2.45) is 18.9 Å². The Labute approximate surface area is 215 Å². The summed E-state index contributed by atoms with van der Waals surface area (Å²) in [6.07, 6.45) is 4.48. The van der Waals surface area contributed by atoms with Gasteiger partial charge in [0.1, 0.15) is 6.23 Å². The maximum absolute atomic E-state index is 5.92. The molecule has 36 heavy (non-hydrogen) atoms. The molecule has 4 fully saturated rings. The minimum absolute atomic E-state index is 0.0920. The van der Waals surface area contributed by atoms with Gasteiger partial charge in [0.2, 0.25) is 0 Å². The van der Waals surface area contributed by atoms with Gasteiger partial charge < -0.3 is 14.8 Å². The molecule has 2 N–H and O–H groups in total. The van der Waals surface area contributed by atoms with Gasteiger partial charge in [0, 0.05) is 82.4 Å². The van der Waals surface area contributed by atoms with E-state index in [1.807, 2.05) is 18.8 Å². The molecule has 0 bridgehead atoms. The highest BCUT2D eigenvalue weighted by Crippen LogP contribution is 2.50. The standard InChI is InChI=1S/C28H42N6O2/c1-17-25-22(15-24(30-17)35-4)34(28(19-8-6-5-7-9-19)20-10-12-36-13-11-20)23-14-21(16-29-26(23)25)27-18(2)31-32-33(27)3/h5-9,17,20-26,28-30H,10-16H2,1-4H3/t17?,21?,22?,23?,24?,25?,26?,28-/m1/s1. The third kappa shape index (κ3) is 4.21. The van der Waals surface area contributed by atoms with Crippen LogP contribution in [0.25, 0.3) is 0 Å². The van der Waals surface area contributed by atoms with Gasteiger partial charge in [-0.2, -0.15) is 0 Å². The molecule has 8 heteroatoms. The van der Waals surface area contributed by atoms with Crippen LogP contribution in [-0.2, 0) is 16.5 Å². The van der Waals surface area contributed by atoms with Crippen molar-refractivity contribution < 1.29 is 9.47 Å². The fourth-order valence-corrected chi connectivity index (χ4v) is 8.12. The lowest BCUT2D eigenvalue weighted by molar-refractivity contribution is -0.0388. The zero-order valence-electron chi connectivity index (χ0n) is 22.1. The molecule has 8 atom stereocenters. The normalized spacial score (nSPS) is 36.4. The second-order valence-electron chi connectivity index (χ2n) is 11.4. The van der Waals surface area contributed by atoms with Crippen LogP contribution in [0.1, 0.15) is 61.5 Å². The first-order valence-electron chi connectivity index (χ1n) is 13.8. The molecule has 8 nitrogen and oxygen atoms in total. The largest absolute Gasteiger partial charge is 0.381 e. The molecule has 1 aromatic heterocycles. The van der Waals surface area contributed by atoms with E-state index >= 15 is 0 Å². The van der Waals surface area contributed by atoms with Crippen molar-refractivity contribution in [3.05, 3.63) is 47.3 Å². The molecule has 0 amide bonds. The number of likely N-dealkylation sites (tertiary alicyclic amines) is 1. The topological polar surface area (TPSA) is 76.5 Å². The molecule has 4 aliphatic heterocycles. The number of aromatic nitrogens is 3. The number of rotatable bonds is 5. The van der Waals surface area contributed by atoms with E-state index in [4.69, 9.17) is 9.47 Å². The molecule has 1 aromatic carbocycles. The maximum Gasteiger partial charge on any atom is 0.109 e. The molecule has 0 aliphatic carbocycles. The van der Waals surface area contributed by atoms with Crippen LogP contribution >= 0.6 is 0 Å². The summed E-state index contributed by atoms with van der Waals surface area (Å²) in [5, 5.41) is 16.6. The Bertz CT molecular complexity index is 1000. The van der Waals surface area contributed by atoms with E-state index in [2.05, 4.69) is 70.0 Å². The van der Waals surface area contributed by atoms with Crippen molar-refractivity contribution in [2.45, 2.75) is 81.9 Å². The van der Waals surface area contributed by atoms with Crippen LogP contribution in [-0.4, -0.2) is 77.2 Å². The minimum Gasteiger partial charge on any atom is -0.381 e. The molecule has 0 radical (unpaired) electrons. The van der Waals surface area contributed by atoms with Crippen molar-refractivity contribution >= 4 is 0 Å². The fourth-order valence-electron chi connectivity index (χ4n) is 8.12. The summed E-state index contributed by atoms with van der Waals surface area (Å²) in [5.41, 5.74) is 3.78. The van der Waals surface area contributed by atoms with Crippen molar-refractivity contribution in [3.8, 4) is 0 Å². The number of nitrogens with zero attached hydrogens (tertiary/aromatic N) is 4. The predicted molar refractivity (Wildman–Crippen MR) is 139 cm³/mol. The van der Waals surface area contributed by atoms with E-state index in [0.717, 1.165) is 51.1 Å². The zero-order chi connectivity index (χ0) is 24.8. The van der Waals surface area contributed by atoms with Crippen LogP contribution in [0, 0.1) is 18.8 Å². The van der Waals surface area contributed by atoms with E-state index in [-0.39, 0.29) is 6.23 Å². The predicted octanol–water partition coefficient (Wildman–Crippen LogP) is 2.76. The highest BCUT2D eigenvalue weighted by molar-refractivity contribution is 5.26. The number of methoxy groups -OCH3 is 1. The van der Waals surface area contributed by atoms with Gasteiger partial charge >= 0.3 is 0 Å². The van der Waals surface area contributed by atoms with Crippen LogP contribution in [0.4, 0.5) is 0 Å². The lowest BCUT2D eigenvalue weighted by Crippen LogP contribution is -2.58. The first-order valence-corrected chi connectivity index (χ1v) is 13.8. The maximum atomic E-state index is 5.92. The molecular formula is C28H42N6O2. The van der Waals surface area contributed by atoms with Gasteiger partial charge in [0.15, 0.2) is 0 Å². The second-order valence-corrected chi connectivity index (χ2v) is 11.4. The number of hydrogen-bond donors (Lipinski definition) is 2. The Kier molecular flexibility index (Phi) is 6.90. The molecule has 0 saturated carbocycles. The van der Waals surface area contributed by atoms with E-state index in [1.165, 1.54) is 11.3 Å². The lowest BCUT2D eigenvalue weighted by Gasteiger charge is -2.47. The van der Waals surface area contributed by atoms with Gasteiger partial charge in [-0.1, -0.05) is 35.5 Å². The third-order valence-corrected chi connectivity index (χ3v) is 9.54. The van der Waals surface area contributed by atoms with Crippen molar-refractivity contribution in [1.29, 1.82) is 0 Å². The first-order chi connectivity index (χ1) is 17.6. The summed E-state index contributed by atoms with van der Waals surface area (Å²) in [4.78, 5) is 2.95. The molecule has 0 spiro atoms. The van der Waals surface area contributed by atoms with Gasteiger partial charge in [0.25, 0.3) is 0 Å². The van der Waals surface area contributed by atoms with Crippen LogP contribution in [0.5, 0.6) is 0 Å². The number of ether oxygens (including phenoxy) is 2. The average molecular weight is 495 g/mol. The van der Waals surface area contributed by atoms with Gasteiger partial charge in [-0.25, -0.2) is 0 Å². The van der Waals surface area contributed by atoms with E-state index in [0.29, 0.717) is 48.0 Å². The number of piperidine rings is 2. The molecule has 4 saturated heterocycles. The summed E-state index contributed by atoms with van der Waals surface area (Å²) in [5.74, 6) is 1.54. The first kappa shape index (κ1) is 24.5. The summed E-state index contributed by atoms with van der Waals surface area (Å²) in [6, 6.07) is 13.4. The summed E-state index contributed by atoms with van der Waals surface area (Å²) in [6.45, 7) is 7.17. The van der Waals surface area contributed by atoms with Crippen molar-refractivity contribution in [2.75, 3.05) is 26.9 Å². The SMILES string of the molecule is COC1CC2C(C(C)N1)C1NCC(c3c(C)nnn3C)CC1N2[C@H](c1ccccc1)C1CCOCC1. The van der Waals surface area contributed by atoms with Gasteiger partial charge in [-0.05, 0) is 44.6 Å². The van der Waals surface area contributed by atoms with Crippen molar-refractivity contribution in [3.63, 3.8) is 0 Å². The zero-order valence-corrected chi connectivity index (χ0v) is 22.1. The highest BCUT2D eigenvalue weighted by Gasteiger charge is 2.58.